The van der Waals surface area contributed by atoms with Gasteiger partial charge >= 0.3 is 0 Å². The number of carbonyl (C=O) groups excluding carboxylic acids is 1. The summed E-state index contributed by atoms with van der Waals surface area (Å²) in [5, 5.41) is 1.26. The third kappa shape index (κ3) is 1.16. The Hall–Kier alpha value is -1.93. The molecule has 17 heavy (non-hydrogen) atoms. The van der Waals surface area contributed by atoms with E-state index in [1.54, 1.807) is 23.5 Å². The molecular formula is C15H8OS. The van der Waals surface area contributed by atoms with Gasteiger partial charge in [0.25, 0.3) is 0 Å². The first-order valence-electron chi connectivity index (χ1n) is 5.51. The van der Waals surface area contributed by atoms with Crippen LogP contribution in [0.15, 0.2) is 48.1 Å². The molecule has 0 atom stereocenters. The van der Waals surface area contributed by atoms with Crippen LogP contribution in [0.4, 0.5) is 0 Å². The van der Waals surface area contributed by atoms with Crippen molar-refractivity contribution >= 4 is 38.9 Å². The number of hydrogen-bond acceptors (Lipinski definition) is 2. The van der Waals surface area contributed by atoms with Gasteiger partial charge < -0.3 is 0 Å². The van der Waals surface area contributed by atoms with Crippen molar-refractivity contribution in [2.75, 3.05) is 0 Å². The summed E-state index contributed by atoms with van der Waals surface area (Å²) < 4.78 is 1.29. The van der Waals surface area contributed by atoms with Gasteiger partial charge in [-0.2, -0.15) is 0 Å². The van der Waals surface area contributed by atoms with Crippen LogP contribution in [0, 0.1) is 0 Å². The highest BCUT2D eigenvalue weighted by Crippen LogP contribution is 2.46. The third-order valence-electron chi connectivity index (χ3n) is 3.20. The molecule has 2 heteroatoms. The second-order valence-electron chi connectivity index (χ2n) is 4.23. The molecule has 0 aliphatic heterocycles. The summed E-state index contributed by atoms with van der Waals surface area (Å²) in [5.74, 6) is 0.0836. The van der Waals surface area contributed by atoms with E-state index >= 15 is 0 Å². The summed E-state index contributed by atoms with van der Waals surface area (Å²) in [6.07, 6.45) is 7.47. The van der Waals surface area contributed by atoms with Crippen molar-refractivity contribution < 1.29 is 4.79 Å². The molecule has 80 valence electrons. The molecule has 2 aromatic rings. The fraction of sp³-hybridized carbons (Fsp3) is 0. The van der Waals surface area contributed by atoms with Crippen molar-refractivity contribution in [2.45, 2.75) is 0 Å². The van der Waals surface area contributed by atoms with Crippen LogP contribution in [0.25, 0.3) is 21.7 Å². The zero-order valence-corrected chi connectivity index (χ0v) is 9.75. The van der Waals surface area contributed by atoms with Crippen molar-refractivity contribution in [2.24, 2.45) is 0 Å². The fourth-order valence-corrected chi connectivity index (χ4v) is 3.63. The Morgan fingerprint density at radius 2 is 1.88 bits per heavy atom. The first-order valence-corrected chi connectivity index (χ1v) is 6.32. The molecule has 1 aromatic heterocycles. The van der Waals surface area contributed by atoms with Crippen LogP contribution in [-0.4, -0.2) is 5.78 Å². The molecule has 1 nitrogen and oxygen atoms in total. The van der Waals surface area contributed by atoms with Gasteiger partial charge in [-0.3, -0.25) is 4.79 Å². The maximum absolute atomic E-state index is 11.5. The Morgan fingerprint density at radius 3 is 2.82 bits per heavy atom. The van der Waals surface area contributed by atoms with Gasteiger partial charge in [0.2, 0.25) is 0 Å². The van der Waals surface area contributed by atoms with Crippen molar-refractivity contribution in [3.05, 3.63) is 58.5 Å². The normalized spacial score (nSPS) is 16.8. The Kier molecular flexibility index (Phi) is 1.64. The van der Waals surface area contributed by atoms with Crippen molar-refractivity contribution in [3.8, 4) is 0 Å². The minimum absolute atomic E-state index is 0.0836. The van der Waals surface area contributed by atoms with E-state index in [0.29, 0.717) is 0 Å². The Balaban J connectivity index is 2.10. The zero-order valence-electron chi connectivity index (χ0n) is 8.94. The van der Waals surface area contributed by atoms with Crippen molar-refractivity contribution in [3.63, 3.8) is 0 Å². The highest BCUT2D eigenvalue weighted by Gasteiger charge is 2.24. The predicted octanol–water partition coefficient (Wildman–Crippen LogP) is 3.82. The number of hydrogen-bond donors (Lipinski definition) is 0. The molecule has 0 unspecified atom stereocenters. The molecule has 0 fully saturated rings. The monoisotopic (exact) mass is 236 g/mol. The highest BCUT2D eigenvalue weighted by atomic mass is 32.1. The molecule has 1 heterocycles. The van der Waals surface area contributed by atoms with E-state index in [4.69, 9.17) is 0 Å². The van der Waals surface area contributed by atoms with Crippen LogP contribution >= 0.6 is 11.3 Å². The Labute approximate surface area is 102 Å². The summed E-state index contributed by atoms with van der Waals surface area (Å²) in [7, 11) is 0. The van der Waals surface area contributed by atoms with Crippen LogP contribution in [0.1, 0.15) is 10.4 Å². The fourth-order valence-electron chi connectivity index (χ4n) is 2.46. The average Bonchev–Trinajstić information content (AvgIpc) is 2.84. The average molecular weight is 236 g/mol. The van der Waals surface area contributed by atoms with E-state index < -0.39 is 0 Å². The smallest absolute Gasteiger partial charge is 0.179 e. The van der Waals surface area contributed by atoms with Crippen LogP contribution in [0.5, 0.6) is 0 Å². The minimum Gasteiger partial charge on any atom is -0.290 e. The number of thiophene rings is 1. The highest BCUT2D eigenvalue weighted by molar-refractivity contribution is 7.20. The minimum atomic E-state index is 0.0836. The lowest BCUT2D eigenvalue weighted by Crippen LogP contribution is -1.95. The summed E-state index contributed by atoms with van der Waals surface area (Å²) in [5.41, 5.74) is 3.49. The first-order chi connectivity index (χ1) is 8.33. The molecule has 0 saturated heterocycles. The Bertz CT molecular complexity index is 756. The van der Waals surface area contributed by atoms with Gasteiger partial charge in [0, 0.05) is 20.5 Å². The molecule has 0 radical (unpaired) electrons. The number of benzene rings is 1. The van der Waals surface area contributed by atoms with E-state index in [1.165, 1.54) is 20.5 Å². The number of ketones is 1. The van der Waals surface area contributed by atoms with Gasteiger partial charge in [-0.05, 0) is 35.4 Å². The molecular weight excluding hydrogens is 228 g/mol. The lowest BCUT2D eigenvalue weighted by Gasteiger charge is -2.06. The maximum atomic E-state index is 11.5. The second kappa shape index (κ2) is 3.05. The van der Waals surface area contributed by atoms with E-state index in [1.807, 2.05) is 12.1 Å². The van der Waals surface area contributed by atoms with Crippen LogP contribution in [-0.2, 0) is 4.79 Å². The molecule has 0 spiro atoms. The summed E-state index contributed by atoms with van der Waals surface area (Å²) in [4.78, 5) is 12.8. The summed E-state index contributed by atoms with van der Waals surface area (Å²) in [6.45, 7) is 0. The van der Waals surface area contributed by atoms with E-state index in [2.05, 4.69) is 24.3 Å². The van der Waals surface area contributed by atoms with Gasteiger partial charge in [-0.25, -0.2) is 0 Å². The predicted molar refractivity (Wildman–Crippen MR) is 71.9 cm³/mol. The van der Waals surface area contributed by atoms with Crippen molar-refractivity contribution in [1.29, 1.82) is 0 Å². The topological polar surface area (TPSA) is 17.1 Å². The standard InChI is InChI=1S/C15H8OS/c16-10-6-5-9-7-14-15(12(9)8-10)11-3-1-2-4-13(11)17-14/h1-8H. The van der Waals surface area contributed by atoms with Gasteiger partial charge in [-0.1, -0.05) is 24.3 Å². The second-order valence-corrected chi connectivity index (χ2v) is 5.31. The molecule has 0 bridgehead atoms. The molecule has 0 N–H and O–H groups in total. The quantitative estimate of drug-likeness (QED) is 0.679. The first kappa shape index (κ1) is 9.14. The molecule has 0 amide bonds. The van der Waals surface area contributed by atoms with Gasteiger partial charge in [0.05, 0.1) is 0 Å². The summed E-state index contributed by atoms with van der Waals surface area (Å²) >= 11 is 1.79. The number of allylic oxidation sites excluding steroid dienone is 5. The van der Waals surface area contributed by atoms with Gasteiger partial charge in [-0.15, -0.1) is 11.3 Å². The maximum Gasteiger partial charge on any atom is 0.179 e. The van der Waals surface area contributed by atoms with Crippen LogP contribution in [0.2, 0.25) is 0 Å². The largest absolute Gasteiger partial charge is 0.290 e. The Morgan fingerprint density at radius 1 is 1.00 bits per heavy atom. The molecule has 0 saturated carbocycles. The molecule has 2 aliphatic rings. The van der Waals surface area contributed by atoms with Crippen molar-refractivity contribution in [1.82, 2.24) is 0 Å². The third-order valence-corrected chi connectivity index (χ3v) is 4.32. The lowest BCUT2D eigenvalue weighted by atomic mass is 9.96. The SMILES string of the molecule is O=C1C=CC2=Cc3sc4ccccc4c3C2=C1. The number of fused-ring (bicyclic) bond motifs is 5. The van der Waals surface area contributed by atoms with Crippen LogP contribution in [0.3, 0.4) is 0 Å². The molecule has 2 aliphatic carbocycles. The van der Waals surface area contributed by atoms with Gasteiger partial charge in [0.15, 0.2) is 5.78 Å². The molecule has 1 aromatic carbocycles. The zero-order chi connectivity index (χ0) is 11.4. The van der Waals surface area contributed by atoms with E-state index in [9.17, 15) is 4.79 Å². The van der Waals surface area contributed by atoms with Gasteiger partial charge in [0.1, 0.15) is 0 Å². The summed E-state index contributed by atoms with van der Waals surface area (Å²) in [6, 6.07) is 8.37. The molecule has 4 rings (SSSR count). The van der Waals surface area contributed by atoms with E-state index in [0.717, 1.165) is 11.1 Å². The lowest BCUT2D eigenvalue weighted by molar-refractivity contribution is -0.110. The van der Waals surface area contributed by atoms with E-state index in [-0.39, 0.29) is 5.78 Å². The van der Waals surface area contributed by atoms with Crippen LogP contribution < -0.4 is 0 Å². The number of rotatable bonds is 0. The number of carbonyl (C=O) groups is 1.